The number of nitrogens with two attached hydrogens (primary N) is 1. The number of hydrogen-bond acceptors (Lipinski definition) is 8. The van der Waals surface area contributed by atoms with Gasteiger partial charge >= 0.3 is 12.1 Å². The van der Waals surface area contributed by atoms with Crippen LogP contribution < -0.4 is 30.9 Å². The summed E-state index contributed by atoms with van der Waals surface area (Å²) in [6, 6.07) is 38.8. The van der Waals surface area contributed by atoms with Crippen molar-refractivity contribution in [3.05, 3.63) is 150 Å². The van der Waals surface area contributed by atoms with Crippen molar-refractivity contribution in [2.24, 2.45) is 5.73 Å². The van der Waals surface area contributed by atoms with Crippen LogP contribution in [0.4, 0.5) is 18.9 Å². The molecule has 54 heavy (non-hydrogen) atoms. The van der Waals surface area contributed by atoms with Gasteiger partial charge in [-0.25, -0.2) is 4.79 Å². The van der Waals surface area contributed by atoms with E-state index in [1.165, 1.54) is 27.9 Å². The van der Waals surface area contributed by atoms with E-state index in [2.05, 4.69) is 34.4 Å². The molecule has 0 aromatic heterocycles. The smallest absolute Gasteiger partial charge is 0.457 e. The van der Waals surface area contributed by atoms with E-state index in [4.69, 9.17) is 15.2 Å². The molecule has 0 saturated carbocycles. The van der Waals surface area contributed by atoms with Crippen LogP contribution in [-0.2, 0) is 45.3 Å². The Kier molecular flexibility index (Phi) is 13.8. The number of anilines is 1. The molecule has 280 valence electrons. The van der Waals surface area contributed by atoms with Crippen molar-refractivity contribution >= 4 is 23.5 Å². The Hall–Kier alpha value is -6.18. The molecule has 2 amide bonds. The summed E-state index contributed by atoms with van der Waals surface area (Å²) in [6.45, 7) is 2.54. The summed E-state index contributed by atoms with van der Waals surface area (Å²) in [4.78, 5) is 41.7. The average molecular weight is 741 g/mol. The first-order valence-electron chi connectivity index (χ1n) is 17.1. The highest BCUT2D eigenvalue weighted by Crippen LogP contribution is 2.34. The third-order valence-electron chi connectivity index (χ3n) is 8.12. The van der Waals surface area contributed by atoms with E-state index in [1.807, 2.05) is 36.4 Å². The molecule has 0 bridgehead atoms. The molecular formula is C41H39F3N4O6. The van der Waals surface area contributed by atoms with Gasteiger partial charge in [-0.05, 0) is 83.8 Å². The van der Waals surface area contributed by atoms with E-state index in [1.54, 1.807) is 66.7 Å². The van der Waals surface area contributed by atoms with Gasteiger partial charge in [-0.15, -0.1) is 0 Å². The molecular weight excluding hydrogens is 701 g/mol. The van der Waals surface area contributed by atoms with Crippen molar-refractivity contribution in [2.45, 2.75) is 45.1 Å². The number of benzene rings is 5. The van der Waals surface area contributed by atoms with E-state index in [0.717, 1.165) is 18.7 Å². The number of nitrogens with one attached hydrogen (secondary N) is 2. The van der Waals surface area contributed by atoms with Crippen LogP contribution in [0.1, 0.15) is 35.1 Å². The van der Waals surface area contributed by atoms with Gasteiger partial charge < -0.3 is 30.3 Å². The number of amides is 2. The second-order valence-corrected chi connectivity index (χ2v) is 12.1. The third-order valence-corrected chi connectivity index (χ3v) is 8.12. The number of hydrogen-bond donors (Lipinski definition) is 3. The molecule has 0 radical (unpaired) electrons. The molecule has 4 N–H and O–H groups in total. The van der Waals surface area contributed by atoms with Crippen LogP contribution in [0.3, 0.4) is 0 Å². The molecule has 13 heteroatoms. The van der Waals surface area contributed by atoms with Crippen molar-refractivity contribution in [1.82, 2.24) is 10.8 Å². The zero-order valence-corrected chi connectivity index (χ0v) is 29.2. The number of rotatable bonds is 11. The van der Waals surface area contributed by atoms with Crippen molar-refractivity contribution < 1.29 is 41.9 Å². The van der Waals surface area contributed by atoms with Gasteiger partial charge in [0.25, 0.3) is 5.91 Å². The maximum absolute atomic E-state index is 13.5. The lowest BCUT2D eigenvalue weighted by atomic mass is 10.0. The fourth-order valence-electron chi connectivity index (χ4n) is 5.39. The van der Waals surface area contributed by atoms with Gasteiger partial charge in [0.15, 0.2) is 5.75 Å². The van der Waals surface area contributed by atoms with Gasteiger partial charge in [0.05, 0.1) is 12.2 Å². The van der Waals surface area contributed by atoms with E-state index < -0.39 is 36.8 Å². The predicted octanol–water partition coefficient (Wildman–Crippen LogP) is 7.51. The minimum absolute atomic E-state index is 0.0539. The number of hydroxylamine groups is 1. The Morgan fingerprint density at radius 3 is 2.11 bits per heavy atom. The standard InChI is InChI=1S/C32H28F3N3O6.C9H11N/c33-32(34,35)31(41)44-37-29(39)17-18-30(40)38(21-22-13-15-25(16-14-22)42-24-8-2-1-3-9-24)27-11-4-5-12-28(27)43-26-10-6-7-23(19-26)20-36;1-2-4-9-7-10-6-5-8(9)3-1/h1-16,19H,17-18,20-21,36H2,(H,37,39);1-4,10H,5-7H2. The third kappa shape index (κ3) is 11.7. The molecule has 0 aliphatic carbocycles. The normalized spacial score (nSPS) is 11.9. The molecule has 0 saturated heterocycles. The molecule has 5 aromatic carbocycles. The van der Waals surface area contributed by atoms with Crippen LogP contribution in [0, 0.1) is 0 Å². The summed E-state index contributed by atoms with van der Waals surface area (Å²) in [6.07, 6.45) is -5.06. The molecule has 6 rings (SSSR count). The fraction of sp³-hybridized carbons (Fsp3) is 0.195. The number of fused-ring (bicyclic) bond motifs is 1. The number of halogens is 3. The number of alkyl halides is 3. The van der Waals surface area contributed by atoms with Crippen LogP contribution >= 0.6 is 0 Å². The lowest BCUT2D eigenvalue weighted by molar-refractivity contribution is -0.207. The SMILES string of the molecule is NCc1cccc(Oc2ccccc2N(Cc2ccc(Oc3ccccc3)cc2)C(=O)CCC(=O)NOC(=O)C(F)(F)F)c1.c1ccc2c(c1)CCNC2. The van der Waals surface area contributed by atoms with Gasteiger partial charge in [-0.3, -0.25) is 9.59 Å². The lowest BCUT2D eigenvalue weighted by Crippen LogP contribution is -2.36. The minimum atomic E-state index is -5.28. The Morgan fingerprint density at radius 1 is 0.722 bits per heavy atom. The van der Waals surface area contributed by atoms with Gasteiger partial charge in [0.1, 0.15) is 17.2 Å². The summed E-state index contributed by atoms with van der Waals surface area (Å²) in [5.41, 5.74) is 12.1. The summed E-state index contributed by atoms with van der Waals surface area (Å²) in [5.74, 6) is -2.15. The van der Waals surface area contributed by atoms with Crippen LogP contribution in [0.25, 0.3) is 0 Å². The quantitative estimate of drug-likeness (QED) is 0.119. The molecule has 0 spiro atoms. The molecule has 10 nitrogen and oxygen atoms in total. The summed E-state index contributed by atoms with van der Waals surface area (Å²) >= 11 is 0. The van der Waals surface area contributed by atoms with Crippen LogP contribution in [0.15, 0.2) is 127 Å². The Labute approximate surface area is 310 Å². The van der Waals surface area contributed by atoms with Gasteiger partial charge in [0, 0.05) is 25.9 Å². The average Bonchev–Trinajstić information content (AvgIpc) is 3.19. The van der Waals surface area contributed by atoms with Gasteiger partial charge in [-0.1, -0.05) is 78.9 Å². The van der Waals surface area contributed by atoms with Gasteiger partial charge in [-0.2, -0.15) is 18.7 Å². The van der Waals surface area contributed by atoms with E-state index >= 15 is 0 Å². The molecule has 0 unspecified atom stereocenters. The van der Waals surface area contributed by atoms with Crippen molar-refractivity contribution in [3.63, 3.8) is 0 Å². The predicted molar refractivity (Wildman–Crippen MR) is 196 cm³/mol. The first-order chi connectivity index (χ1) is 26.1. The topological polar surface area (TPSA) is 132 Å². The highest BCUT2D eigenvalue weighted by molar-refractivity contribution is 5.96. The molecule has 5 aromatic rings. The Morgan fingerprint density at radius 2 is 1.39 bits per heavy atom. The van der Waals surface area contributed by atoms with Crippen LogP contribution in [0.5, 0.6) is 23.0 Å². The van der Waals surface area contributed by atoms with Crippen LogP contribution in [0.2, 0.25) is 0 Å². The first-order valence-corrected chi connectivity index (χ1v) is 17.1. The summed E-state index contributed by atoms with van der Waals surface area (Å²) in [5, 5.41) is 3.34. The number of carbonyl (C=O) groups is 3. The fourth-order valence-corrected chi connectivity index (χ4v) is 5.39. The second kappa shape index (κ2) is 19.1. The first kappa shape index (κ1) is 39.0. The van der Waals surface area contributed by atoms with Crippen molar-refractivity contribution in [2.75, 3.05) is 11.4 Å². The van der Waals surface area contributed by atoms with E-state index in [0.29, 0.717) is 40.8 Å². The Balaban J connectivity index is 0.000000478. The number of para-hydroxylation sites is 3. The largest absolute Gasteiger partial charge is 0.493 e. The molecule has 1 aliphatic rings. The maximum atomic E-state index is 13.5. The zero-order chi connectivity index (χ0) is 38.3. The van der Waals surface area contributed by atoms with Gasteiger partial charge in [0.2, 0.25) is 5.91 Å². The second-order valence-electron chi connectivity index (χ2n) is 12.1. The number of carbonyl (C=O) groups excluding carboxylic acids is 3. The highest BCUT2D eigenvalue weighted by Gasteiger charge is 2.42. The zero-order valence-electron chi connectivity index (χ0n) is 29.2. The molecule has 0 fully saturated rings. The molecule has 1 aliphatic heterocycles. The van der Waals surface area contributed by atoms with Crippen molar-refractivity contribution in [3.8, 4) is 23.0 Å². The monoisotopic (exact) mass is 740 g/mol. The summed E-state index contributed by atoms with van der Waals surface area (Å²) in [7, 11) is 0. The lowest BCUT2D eigenvalue weighted by Gasteiger charge is -2.25. The van der Waals surface area contributed by atoms with Crippen LogP contribution in [-0.4, -0.2) is 30.5 Å². The molecule has 1 heterocycles. The van der Waals surface area contributed by atoms with Crippen molar-refractivity contribution in [1.29, 1.82) is 0 Å². The maximum Gasteiger partial charge on any atom is 0.493 e. The van der Waals surface area contributed by atoms with E-state index in [-0.39, 0.29) is 6.54 Å². The highest BCUT2D eigenvalue weighted by atomic mass is 19.4. The minimum Gasteiger partial charge on any atom is -0.457 e. The van der Waals surface area contributed by atoms with E-state index in [9.17, 15) is 27.6 Å². The molecule has 0 atom stereocenters. The number of nitrogens with zero attached hydrogens (tertiary/aromatic N) is 1. The Bertz CT molecular complexity index is 1980. The summed E-state index contributed by atoms with van der Waals surface area (Å²) < 4.78 is 49.1. The number of ether oxygens (including phenoxy) is 2.